The van der Waals surface area contributed by atoms with Crippen molar-refractivity contribution < 1.29 is 10.0 Å². The Morgan fingerprint density at radius 1 is 1.64 bits per heavy atom. The van der Waals surface area contributed by atoms with Gasteiger partial charge in [0.1, 0.15) is 12.2 Å². The first-order valence-corrected chi connectivity index (χ1v) is 4.65. The van der Waals surface area contributed by atoms with Crippen LogP contribution >= 0.6 is 0 Å². The zero-order chi connectivity index (χ0) is 11.1. The first kappa shape index (κ1) is 12.9. The van der Waals surface area contributed by atoms with Crippen molar-refractivity contribution in [2.45, 2.75) is 39.4 Å². The molecule has 0 saturated heterocycles. The van der Waals surface area contributed by atoms with E-state index in [0.717, 1.165) is 5.06 Å². The van der Waals surface area contributed by atoms with Crippen LogP contribution in [0.2, 0.25) is 0 Å². The molecular formula is C9H17N3O2. The molecule has 0 aliphatic heterocycles. The van der Waals surface area contributed by atoms with E-state index in [9.17, 15) is 10.0 Å². The van der Waals surface area contributed by atoms with Crippen molar-refractivity contribution in [1.29, 1.82) is 5.26 Å². The molecule has 2 atom stereocenters. The maximum atomic E-state index is 10.3. The molecule has 0 aliphatic rings. The minimum atomic E-state index is -0.588. The summed E-state index contributed by atoms with van der Waals surface area (Å²) >= 11 is 0. The van der Waals surface area contributed by atoms with Gasteiger partial charge < -0.3 is 10.5 Å². The Balaban J connectivity index is 4.49. The minimum absolute atomic E-state index is 0.0348. The third-order valence-corrected chi connectivity index (χ3v) is 2.01. The molecule has 2 unspecified atom stereocenters. The summed E-state index contributed by atoms with van der Waals surface area (Å²) < 4.78 is 0. The van der Waals surface area contributed by atoms with Gasteiger partial charge in [-0.1, -0.05) is 20.8 Å². The molecule has 2 N–H and O–H groups in total. The van der Waals surface area contributed by atoms with E-state index in [1.165, 1.54) is 0 Å². The molecule has 1 amide bonds. The molecule has 0 aliphatic carbocycles. The van der Waals surface area contributed by atoms with Crippen molar-refractivity contribution in [3.63, 3.8) is 0 Å². The van der Waals surface area contributed by atoms with Gasteiger partial charge in [0.15, 0.2) is 0 Å². The number of nitrogens with zero attached hydrogens (tertiary/aromatic N) is 2. The molecule has 0 radical (unpaired) electrons. The van der Waals surface area contributed by atoms with Crippen LogP contribution in [0, 0.1) is 17.2 Å². The highest BCUT2D eigenvalue weighted by molar-refractivity contribution is 5.46. The molecule has 5 nitrogen and oxygen atoms in total. The van der Waals surface area contributed by atoms with Gasteiger partial charge in [-0.05, 0) is 12.3 Å². The van der Waals surface area contributed by atoms with Gasteiger partial charge in [0.25, 0.3) is 0 Å². The van der Waals surface area contributed by atoms with Crippen molar-refractivity contribution in [3.8, 4) is 6.07 Å². The van der Waals surface area contributed by atoms with Crippen molar-refractivity contribution >= 4 is 6.41 Å². The van der Waals surface area contributed by atoms with Gasteiger partial charge in [-0.3, -0.25) is 4.79 Å². The number of carbonyl (C=O) groups excluding carboxylic acids is 1. The third-order valence-electron chi connectivity index (χ3n) is 2.01. The Labute approximate surface area is 84.3 Å². The molecule has 0 aromatic carbocycles. The van der Waals surface area contributed by atoms with E-state index in [4.69, 9.17) is 5.26 Å². The zero-order valence-corrected chi connectivity index (χ0v) is 8.77. The summed E-state index contributed by atoms with van der Waals surface area (Å²) in [5, 5.41) is 21.8. The van der Waals surface area contributed by atoms with Crippen LogP contribution in [0.3, 0.4) is 0 Å². The first-order chi connectivity index (χ1) is 6.58. The minimum Gasteiger partial charge on any atom is -0.341 e. The van der Waals surface area contributed by atoms with E-state index in [2.05, 4.69) is 5.32 Å². The smallest absolute Gasteiger partial charge is 0.208 e. The van der Waals surface area contributed by atoms with Crippen molar-refractivity contribution in [1.82, 2.24) is 10.4 Å². The van der Waals surface area contributed by atoms with Gasteiger partial charge in [-0.25, -0.2) is 0 Å². The number of hydroxylamine groups is 2. The topological polar surface area (TPSA) is 76.4 Å². The Kier molecular flexibility index (Phi) is 5.84. The van der Waals surface area contributed by atoms with Gasteiger partial charge in [-0.2, -0.15) is 10.3 Å². The first-order valence-electron chi connectivity index (χ1n) is 4.65. The Hall–Kier alpha value is -1.12. The lowest BCUT2D eigenvalue weighted by molar-refractivity contribution is -0.168. The van der Waals surface area contributed by atoms with Crippen LogP contribution in [-0.2, 0) is 4.79 Å². The maximum Gasteiger partial charge on any atom is 0.208 e. The van der Waals surface area contributed by atoms with Crippen LogP contribution in [0.5, 0.6) is 0 Å². The SMILES string of the molecule is CCC(C#N)N(O)C(NC=O)C(C)C. The average molecular weight is 199 g/mol. The van der Waals surface area contributed by atoms with Crippen LogP contribution in [-0.4, -0.2) is 28.9 Å². The maximum absolute atomic E-state index is 10.3. The summed E-state index contributed by atoms with van der Waals surface area (Å²) in [4.78, 5) is 10.3. The molecule has 0 aromatic rings. The largest absolute Gasteiger partial charge is 0.341 e. The molecule has 80 valence electrons. The molecule has 0 bridgehead atoms. The number of rotatable bonds is 6. The summed E-state index contributed by atoms with van der Waals surface area (Å²) in [6.07, 6.45) is 0.520. The third kappa shape index (κ3) is 3.32. The van der Waals surface area contributed by atoms with Crippen LogP contribution in [0.1, 0.15) is 27.2 Å². The quantitative estimate of drug-likeness (QED) is 0.375. The molecule has 0 aromatic heterocycles. The lowest BCUT2D eigenvalue weighted by atomic mass is 10.1. The van der Waals surface area contributed by atoms with Crippen molar-refractivity contribution in [2.75, 3.05) is 0 Å². The van der Waals surface area contributed by atoms with Gasteiger partial charge in [0.2, 0.25) is 6.41 Å². The predicted molar refractivity (Wildman–Crippen MR) is 51.1 cm³/mol. The van der Waals surface area contributed by atoms with Crippen LogP contribution < -0.4 is 5.32 Å². The second kappa shape index (κ2) is 6.35. The zero-order valence-electron chi connectivity index (χ0n) is 8.77. The van der Waals surface area contributed by atoms with E-state index in [1.807, 2.05) is 19.9 Å². The number of carbonyl (C=O) groups is 1. The number of hydrogen-bond acceptors (Lipinski definition) is 4. The number of nitriles is 1. The molecule has 0 saturated carbocycles. The summed E-state index contributed by atoms with van der Waals surface area (Å²) in [6, 6.07) is 1.38. The fourth-order valence-electron chi connectivity index (χ4n) is 1.18. The van der Waals surface area contributed by atoms with Crippen molar-refractivity contribution in [2.24, 2.45) is 5.92 Å². The van der Waals surface area contributed by atoms with Gasteiger partial charge in [-0.15, -0.1) is 0 Å². The lowest BCUT2D eigenvalue weighted by Crippen LogP contribution is -2.50. The molecule has 0 rings (SSSR count). The summed E-state index contributed by atoms with van der Waals surface area (Å²) in [5.41, 5.74) is 0. The molecule has 0 fully saturated rings. The fraction of sp³-hybridized carbons (Fsp3) is 0.778. The Morgan fingerprint density at radius 3 is 2.50 bits per heavy atom. The second-order valence-electron chi connectivity index (χ2n) is 3.41. The monoisotopic (exact) mass is 199 g/mol. The van der Waals surface area contributed by atoms with Crippen molar-refractivity contribution in [3.05, 3.63) is 0 Å². The van der Waals surface area contributed by atoms with Crippen LogP contribution in [0.15, 0.2) is 0 Å². The van der Waals surface area contributed by atoms with Crippen LogP contribution in [0.25, 0.3) is 0 Å². The Morgan fingerprint density at radius 2 is 2.21 bits per heavy atom. The van der Waals surface area contributed by atoms with Gasteiger partial charge in [0, 0.05) is 0 Å². The average Bonchev–Trinajstić information content (AvgIpc) is 2.15. The Bertz CT molecular complexity index is 213. The van der Waals surface area contributed by atoms with Crippen LogP contribution in [0.4, 0.5) is 0 Å². The highest BCUT2D eigenvalue weighted by Crippen LogP contribution is 2.10. The second-order valence-corrected chi connectivity index (χ2v) is 3.41. The lowest BCUT2D eigenvalue weighted by Gasteiger charge is -2.30. The molecule has 0 spiro atoms. The number of nitrogens with one attached hydrogen (secondary N) is 1. The summed E-state index contributed by atoms with van der Waals surface area (Å²) in [5.74, 6) is 0.0348. The molecule has 0 heterocycles. The van der Waals surface area contributed by atoms with E-state index in [0.29, 0.717) is 12.8 Å². The highest BCUT2D eigenvalue weighted by atomic mass is 16.5. The van der Waals surface area contributed by atoms with Gasteiger partial charge >= 0.3 is 0 Å². The molecule has 5 heteroatoms. The molecule has 14 heavy (non-hydrogen) atoms. The normalized spacial score (nSPS) is 14.9. The summed E-state index contributed by atoms with van der Waals surface area (Å²) in [6.45, 7) is 5.51. The number of hydrogen-bond donors (Lipinski definition) is 2. The van der Waals surface area contributed by atoms with E-state index in [-0.39, 0.29) is 5.92 Å². The molecular weight excluding hydrogens is 182 g/mol. The fourth-order valence-corrected chi connectivity index (χ4v) is 1.18. The number of amides is 1. The highest BCUT2D eigenvalue weighted by Gasteiger charge is 2.25. The van der Waals surface area contributed by atoms with E-state index in [1.54, 1.807) is 6.92 Å². The predicted octanol–water partition coefficient (Wildman–Crippen LogP) is 0.708. The van der Waals surface area contributed by atoms with Gasteiger partial charge in [0.05, 0.1) is 6.07 Å². The van der Waals surface area contributed by atoms with E-state index >= 15 is 0 Å². The summed E-state index contributed by atoms with van der Waals surface area (Å²) in [7, 11) is 0. The van der Waals surface area contributed by atoms with E-state index < -0.39 is 12.2 Å². The standard InChI is InChI=1S/C9H17N3O2/c1-4-8(5-10)12(14)9(7(2)3)11-6-13/h6-9,14H,4H2,1-3H3,(H,11,13).